The van der Waals surface area contributed by atoms with Gasteiger partial charge in [-0.05, 0) is 32.0 Å². The summed E-state index contributed by atoms with van der Waals surface area (Å²) in [6.07, 6.45) is 0. The Balaban J connectivity index is 2.51. The molecule has 1 aromatic carbocycles. The van der Waals surface area contributed by atoms with Crippen molar-refractivity contribution < 1.29 is 17.9 Å². The number of rotatable bonds is 2. The van der Waals surface area contributed by atoms with Crippen molar-refractivity contribution in [1.82, 2.24) is 0 Å². The Bertz CT molecular complexity index is 616. The molecule has 0 bridgehead atoms. The smallest absolute Gasteiger partial charge is 0.338 e. The van der Waals surface area contributed by atoms with Crippen LogP contribution in [-0.2, 0) is 14.8 Å². The molecule has 0 aliphatic carbocycles. The second-order valence-electron chi connectivity index (χ2n) is 3.58. The molecular weight excluding hydrogens is 242 g/mol. The van der Waals surface area contributed by atoms with Crippen LogP contribution in [0.3, 0.4) is 0 Å². The zero-order valence-electron chi connectivity index (χ0n) is 9.43. The topological polar surface area (TPSA) is 72.8 Å². The van der Waals surface area contributed by atoms with Gasteiger partial charge in [0.2, 0.25) is 0 Å². The van der Waals surface area contributed by atoms with E-state index in [4.69, 9.17) is 4.74 Å². The van der Waals surface area contributed by atoms with Crippen LogP contribution in [0.5, 0.6) is 0 Å². The Labute approximate surface area is 99.2 Å². The molecule has 1 heterocycles. The molecule has 1 aliphatic rings. The molecule has 0 unspecified atom stereocenters. The summed E-state index contributed by atoms with van der Waals surface area (Å²) in [7, 11) is -3.57. The van der Waals surface area contributed by atoms with Gasteiger partial charge in [-0.15, -0.1) is 0 Å². The van der Waals surface area contributed by atoms with Crippen LogP contribution in [-0.4, -0.2) is 26.7 Å². The van der Waals surface area contributed by atoms with Gasteiger partial charge in [-0.25, -0.2) is 4.79 Å². The van der Waals surface area contributed by atoms with Crippen LogP contribution in [0.1, 0.15) is 29.8 Å². The Morgan fingerprint density at radius 1 is 1.41 bits per heavy atom. The number of esters is 1. The van der Waals surface area contributed by atoms with E-state index in [1.165, 1.54) is 18.2 Å². The maximum atomic E-state index is 11.6. The van der Waals surface area contributed by atoms with Crippen LogP contribution in [0.4, 0.5) is 0 Å². The summed E-state index contributed by atoms with van der Waals surface area (Å²) in [6, 6.07) is 4.32. The minimum absolute atomic E-state index is 0.142. The Morgan fingerprint density at radius 3 is 2.76 bits per heavy atom. The summed E-state index contributed by atoms with van der Waals surface area (Å²) in [4.78, 5) is 11.6. The number of benzene rings is 1. The highest BCUT2D eigenvalue weighted by Crippen LogP contribution is 2.27. The minimum atomic E-state index is -3.57. The van der Waals surface area contributed by atoms with E-state index in [9.17, 15) is 13.2 Å². The standard InChI is InChI=1S/C11H11NO4S/c1-3-16-11(13)8-4-5-10-9(6-8)7(2)12-17(10,14)15/h4-6H,3H2,1-2H3. The zero-order chi connectivity index (χ0) is 12.6. The van der Waals surface area contributed by atoms with E-state index in [1.54, 1.807) is 13.8 Å². The molecule has 6 heteroatoms. The summed E-state index contributed by atoms with van der Waals surface area (Å²) in [6.45, 7) is 3.59. The average molecular weight is 253 g/mol. The van der Waals surface area contributed by atoms with Gasteiger partial charge < -0.3 is 4.74 Å². The maximum absolute atomic E-state index is 11.6. The number of fused-ring (bicyclic) bond motifs is 1. The fraction of sp³-hybridized carbons (Fsp3) is 0.273. The van der Waals surface area contributed by atoms with Crippen LogP contribution in [0.15, 0.2) is 27.5 Å². The number of hydrogen-bond acceptors (Lipinski definition) is 4. The number of sulfonamides is 1. The van der Waals surface area contributed by atoms with Crippen molar-refractivity contribution in [2.75, 3.05) is 6.61 Å². The van der Waals surface area contributed by atoms with Gasteiger partial charge in [0.25, 0.3) is 10.0 Å². The van der Waals surface area contributed by atoms with Crippen LogP contribution in [0.25, 0.3) is 0 Å². The van der Waals surface area contributed by atoms with Crippen molar-refractivity contribution >= 4 is 21.7 Å². The van der Waals surface area contributed by atoms with Gasteiger partial charge >= 0.3 is 5.97 Å². The van der Waals surface area contributed by atoms with Gasteiger partial charge in [0.15, 0.2) is 0 Å². The lowest BCUT2D eigenvalue weighted by atomic mass is 10.1. The molecule has 2 rings (SSSR count). The van der Waals surface area contributed by atoms with Gasteiger partial charge in [0.1, 0.15) is 0 Å². The van der Waals surface area contributed by atoms with E-state index in [2.05, 4.69) is 4.40 Å². The molecule has 90 valence electrons. The zero-order valence-corrected chi connectivity index (χ0v) is 10.2. The predicted octanol–water partition coefficient (Wildman–Crippen LogP) is 1.37. The van der Waals surface area contributed by atoms with Crippen molar-refractivity contribution in [2.24, 2.45) is 4.40 Å². The van der Waals surface area contributed by atoms with Gasteiger partial charge in [-0.1, -0.05) is 0 Å². The minimum Gasteiger partial charge on any atom is -0.462 e. The number of carbonyl (C=O) groups is 1. The Morgan fingerprint density at radius 2 is 2.12 bits per heavy atom. The molecule has 5 nitrogen and oxygen atoms in total. The first-order chi connectivity index (χ1) is 7.95. The van der Waals surface area contributed by atoms with Crippen molar-refractivity contribution in [3.63, 3.8) is 0 Å². The third-order valence-corrected chi connectivity index (χ3v) is 3.84. The molecule has 0 spiro atoms. The lowest BCUT2D eigenvalue weighted by Crippen LogP contribution is -2.06. The third kappa shape index (κ3) is 1.95. The largest absolute Gasteiger partial charge is 0.462 e. The number of hydrogen-bond donors (Lipinski definition) is 0. The highest BCUT2D eigenvalue weighted by molar-refractivity contribution is 7.90. The quantitative estimate of drug-likeness (QED) is 0.746. The molecule has 1 aliphatic heterocycles. The molecule has 0 saturated carbocycles. The molecule has 0 radical (unpaired) electrons. The van der Waals surface area contributed by atoms with Crippen molar-refractivity contribution in [3.8, 4) is 0 Å². The molecule has 0 fully saturated rings. The normalized spacial score (nSPS) is 16.2. The highest BCUT2D eigenvalue weighted by Gasteiger charge is 2.27. The van der Waals surface area contributed by atoms with Crippen LogP contribution in [0, 0.1) is 0 Å². The lowest BCUT2D eigenvalue weighted by molar-refractivity contribution is 0.0526. The SMILES string of the molecule is CCOC(=O)c1ccc2c(c1)C(C)=NS2(=O)=O. The first-order valence-corrected chi connectivity index (χ1v) is 6.53. The summed E-state index contributed by atoms with van der Waals surface area (Å²) in [5.74, 6) is -0.465. The molecule has 0 aromatic heterocycles. The molecule has 0 atom stereocenters. The van der Waals surface area contributed by atoms with Crippen LogP contribution < -0.4 is 0 Å². The van der Waals surface area contributed by atoms with E-state index >= 15 is 0 Å². The second kappa shape index (κ2) is 3.96. The van der Waals surface area contributed by atoms with E-state index in [1.807, 2.05) is 0 Å². The van der Waals surface area contributed by atoms with Crippen LogP contribution >= 0.6 is 0 Å². The summed E-state index contributed by atoms with van der Waals surface area (Å²) >= 11 is 0. The van der Waals surface area contributed by atoms with Gasteiger partial charge in [-0.2, -0.15) is 12.8 Å². The third-order valence-electron chi connectivity index (χ3n) is 2.42. The van der Waals surface area contributed by atoms with Gasteiger partial charge in [0.05, 0.1) is 22.8 Å². The first kappa shape index (κ1) is 11.8. The van der Waals surface area contributed by atoms with E-state index in [0.717, 1.165) is 0 Å². The number of nitrogens with zero attached hydrogens (tertiary/aromatic N) is 1. The predicted molar refractivity (Wildman–Crippen MR) is 61.8 cm³/mol. The summed E-state index contributed by atoms with van der Waals surface area (Å²) in [5.41, 5.74) is 1.19. The van der Waals surface area contributed by atoms with E-state index in [0.29, 0.717) is 16.8 Å². The monoisotopic (exact) mass is 253 g/mol. The number of ether oxygens (including phenoxy) is 1. The Kier molecular flexibility index (Phi) is 2.74. The maximum Gasteiger partial charge on any atom is 0.338 e. The first-order valence-electron chi connectivity index (χ1n) is 5.09. The van der Waals surface area contributed by atoms with Crippen LogP contribution in [0.2, 0.25) is 0 Å². The summed E-state index contributed by atoms with van der Waals surface area (Å²) < 4.78 is 31.6. The lowest BCUT2D eigenvalue weighted by Gasteiger charge is -2.03. The molecule has 1 aromatic rings. The van der Waals surface area contributed by atoms with Gasteiger partial charge in [0, 0.05) is 5.56 Å². The van der Waals surface area contributed by atoms with E-state index < -0.39 is 16.0 Å². The van der Waals surface area contributed by atoms with Crippen molar-refractivity contribution in [3.05, 3.63) is 29.3 Å². The second-order valence-corrected chi connectivity index (χ2v) is 5.16. The van der Waals surface area contributed by atoms with Crippen molar-refractivity contribution in [1.29, 1.82) is 0 Å². The summed E-state index contributed by atoms with van der Waals surface area (Å²) in [5, 5.41) is 0. The fourth-order valence-corrected chi connectivity index (χ4v) is 2.94. The van der Waals surface area contributed by atoms with Gasteiger partial charge in [-0.3, -0.25) is 0 Å². The molecule has 17 heavy (non-hydrogen) atoms. The average Bonchev–Trinajstić information content (AvgIpc) is 2.49. The fourth-order valence-electron chi connectivity index (χ4n) is 1.66. The highest BCUT2D eigenvalue weighted by atomic mass is 32.2. The number of carbonyl (C=O) groups excluding carboxylic acids is 1. The van der Waals surface area contributed by atoms with Crippen molar-refractivity contribution in [2.45, 2.75) is 18.7 Å². The molecule has 0 amide bonds. The Hall–Kier alpha value is -1.69. The molecular formula is C11H11NO4S. The van der Waals surface area contributed by atoms with E-state index in [-0.39, 0.29) is 11.5 Å². The molecule has 0 N–H and O–H groups in total. The molecule has 0 saturated heterocycles.